The molecule has 7 heteroatoms. The van der Waals surface area contributed by atoms with E-state index in [4.69, 9.17) is 5.14 Å². The minimum Gasteiger partial charge on any atom is -0.244 e. The highest BCUT2D eigenvalue weighted by Gasteiger charge is 2.23. The molecule has 0 bridgehead atoms. The minimum absolute atomic E-state index is 0.176. The maximum atomic E-state index is 11.6. The smallest absolute Gasteiger partial charge is 0.239 e. The van der Waals surface area contributed by atoms with Crippen LogP contribution in [0.15, 0.2) is 23.6 Å². The van der Waals surface area contributed by atoms with E-state index in [1.54, 1.807) is 19.3 Å². The topological polar surface area (TPSA) is 85.9 Å². The van der Waals surface area contributed by atoms with Gasteiger partial charge in [-0.05, 0) is 13.8 Å². The molecule has 2 heterocycles. The summed E-state index contributed by atoms with van der Waals surface area (Å²) >= 11 is 1.40. The highest BCUT2D eigenvalue weighted by atomic mass is 32.2. The first kappa shape index (κ1) is 12.2. The van der Waals surface area contributed by atoms with Crippen molar-refractivity contribution in [3.63, 3.8) is 0 Å². The third-order valence-electron chi connectivity index (χ3n) is 2.34. The highest BCUT2D eigenvalue weighted by molar-refractivity contribution is 7.89. The van der Waals surface area contributed by atoms with Gasteiger partial charge < -0.3 is 0 Å². The lowest BCUT2D eigenvalue weighted by Crippen LogP contribution is -2.13. The lowest BCUT2D eigenvalue weighted by atomic mass is 10.1. The fourth-order valence-electron chi connectivity index (χ4n) is 1.77. The van der Waals surface area contributed by atoms with Crippen LogP contribution in [0.3, 0.4) is 0 Å². The predicted octanol–water partition coefficient (Wildman–Crippen LogP) is 1.47. The van der Waals surface area contributed by atoms with Crippen LogP contribution in [0.2, 0.25) is 0 Å². The van der Waals surface area contributed by atoms with Crippen molar-refractivity contribution >= 4 is 21.4 Å². The zero-order valence-corrected chi connectivity index (χ0v) is 11.0. The standard InChI is InChI=1S/C10H11N3O2S2/c1-6-9(8-3-12-5-13-4-8)10(7(2)16-6)17(11,14)15/h3-5H,1-2H3,(H2,11,14,15). The number of nitrogens with two attached hydrogens (primary N) is 1. The summed E-state index contributed by atoms with van der Waals surface area (Å²) in [5.41, 5.74) is 1.27. The van der Waals surface area contributed by atoms with E-state index < -0.39 is 10.0 Å². The second kappa shape index (κ2) is 4.17. The molecule has 0 aromatic carbocycles. The number of aromatic nitrogens is 2. The third-order valence-corrected chi connectivity index (χ3v) is 4.57. The van der Waals surface area contributed by atoms with Gasteiger partial charge in [0.15, 0.2) is 0 Å². The number of nitrogens with zero attached hydrogens (tertiary/aromatic N) is 2. The fourth-order valence-corrected chi connectivity index (χ4v) is 4.24. The van der Waals surface area contributed by atoms with Crippen LogP contribution >= 0.6 is 11.3 Å². The molecular weight excluding hydrogens is 258 g/mol. The van der Waals surface area contributed by atoms with Crippen molar-refractivity contribution < 1.29 is 8.42 Å². The highest BCUT2D eigenvalue weighted by Crippen LogP contribution is 2.37. The van der Waals surface area contributed by atoms with E-state index >= 15 is 0 Å². The average molecular weight is 269 g/mol. The molecule has 90 valence electrons. The maximum Gasteiger partial charge on any atom is 0.239 e. The van der Waals surface area contributed by atoms with Crippen LogP contribution in [-0.4, -0.2) is 18.4 Å². The largest absolute Gasteiger partial charge is 0.244 e. The lowest BCUT2D eigenvalue weighted by molar-refractivity contribution is 0.598. The quantitative estimate of drug-likeness (QED) is 0.894. The van der Waals surface area contributed by atoms with E-state index in [9.17, 15) is 8.42 Å². The Labute approximate surface area is 103 Å². The molecule has 0 spiro atoms. The molecule has 0 fully saturated rings. The summed E-state index contributed by atoms with van der Waals surface area (Å²) in [6, 6.07) is 0. The van der Waals surface area contributed by atoms with E-state index in [-0.39, 0.29) is 4.90 Å². The molecule has 0 aliphatic rings. The Balaban J connectivity index is 2.79. The van der Waals surface area contributed by atoms with Crippen LogP contribution in [0, 0.1) is 13.8 Å². The number of thiophene rings is 1. The predicted molar refractivity (Wildman–Crippen MR) is 66.2 cm³/mol. The Morgan fingerprint density at radius 2 is 1.76 bits per heavy atom. The number of hydrogen-bond acceptors (Lipinski definition) is 5. The SMILES string of the molecule is Cc1sc(C)c(S(N)(=O)=O)c1-c1cncnc1. The lowest BCUT2D eigenvalue weighted by Gasteiger charge is -2.04. The van der Waals surface area contributed by atoms with E-state index in [0.717, 1.165) is 4.88 Å². The summed E-state index contributed by atoms with van der Waals surface area (Å²) in [6.45, 7) is 3.60. The van der Waals surface area contributed by atoms with Gasteiger partial charge >= 0.3 is 0 Å². The summed E-state index contributed by atoms with van der Waals surface area (Å²) in [6.07, 6.45) is 4.56. The molecule has 5 nitrogen and oxygen atoms in total. The monoisotopic (exact) mass is 269 g/mol. The van der Waals surface area contributed by atoms with Crippen LogP contribution in [0.25, 0.3) is 11.1 Å². The average Bonchev–Trinajstić information content (AvgIpc) is 2.54. The van der Waals surface area contributed by atoms with Crippen LogP contribution in [-0.2, 0) is 10.0 Å². The third kappa shape index (κ3) is 2.21. The fraction of sp³-hybridized carbons (Fsp3) is 0.200. The van der Waals surface area contributed by atoms with Gasteiger partial charge in [0.1, 0.15) is 11.2 Å². The van der Waals surface area contributed by atoms with Crippen molar-refractivity contribution in [3.05, 3.63) is 28.5 Å². The number of rotatable bonds is 2. The molecule has 0 radical (unpaired) electrons. The first-order valence-electron chi connectivity index (χ1n) is 4.79. The van der Waals surface area contributed by atoms with Gasteiger partial charge in [0, 0.05) is 33.3 Å². The molecule has 0 amide bonds. The summed E-state index contributed by atoms with van der Waals surface area (Å²) in [5, 5.41) is 5.25. The van der Waals surface area contributed by atoms with E-state index in [0.29, 0.717) is 16.0 Å². The molecule has 0 unspecified atom stereocenters. The molecule has 2 aromatic heterocycles. The normalized spacial score (nSPS) is 11.7. The maximum absolute atomic E-state index is 11.6. The number of primary sulfonamides is 1. The van der Waals surface area contributed by atoms with Crippen molar-refractivity contribution in [1.82, 2.24) is 9.97 Å². The molecule has 0 atom stereocenters. The first-order valence-corrected chi connectivity index (χ1v) is 7.15. The second-order valence-electron chi connectivity index (χ2n) is 3.59. The molecule has 0 aliphatic carbocycles. The minimum atomic E-state index is -3.74. The molecule has 0 saturated heterocycles. The molecule has 2 aromatic rings. The summed E-state index contributed by atoms with van der Waals surface area (Å²) in [5.74, 6) is 0. The number of aryl methyl sites for hydroxylation is 2. The van der Waals surface area contributed by atoms with Gasteiger partial charge in [-0.25, -0.2) is 23.5 Å². The van der Waals surface area contributed by atoms with Gasteiger partial charge in [-0.2, -0.15) is 0 Å². The zero-order valence-electron chi connectivity index (χ0n) is 9.34. The molecule has 17 heavy (non-hydrogen) atoms. The molecular formula is C10H11N3O2S2. The van der Waals surface area contributed by atoms with Crippen molar-refractivity contribution in [2.24, 2.45) is 5.14 Å². The molecule has 0 aliphatic heterocycles. The summed E-state index contributed by atoms with van der Waals surface area (Å²) < 4.78 is 23.2. The van der Waals surface area contributed by atoms with Crippen LogP contribution in [0.4, 0.5) is 0 Å². The second-order valence-corrected chi connectivity index (χ2v) is 6.52. The van der Waals surface area contributed by atoms with Gasteiger partial charge in [-0.3, -0.25) is 0 Å². The van der Waals surface area contributed by atoms with Gasteiger partial charge in [-0.15, -0.1) is 11.3 Å². The Morgan fingerprint density at radius 3 is 2.29 bits per heavy atom. The van der Waals surface area contributed by atoms with Gasteiger partial charge in [-0.1, -0.05) is 0 Å². The van der Waals surface area contributed by atoms with Crippen molar-refractivity contribution in [1.29, 1.82) is 0 Å². The van der Waals surface area contributed by atoms with E-state index in [1.165, 1.54) is 17.7 Å². The van der Waals surface area contributed by atoms with Crippen LogP contribution in [0.5, 0.6) is 0 Å². The first-order chi connectivity index (χ1) is 7.91. The number of hydrogen-bond donors (Lipinski definition) is 1. The van der Waals surface area contributed by atoms with Gasteiger partial charge in [0.25, 0.3) is 0 Å². The number of sulfonamides is 1. The summed E-state index contributed by atoms with van der Waals surface area (Å²) in [7, 11) is -3.74. The van der Waals surface area contributed by atoms with Crippen LogP contribution in [0.1, 0.15) is 9.75 Å². The van der Waals surface area contributed by atoms with E-state index in [1.807, 2.05) is 6.92 Å². The van der Waals surface area contributed by atoms with E-state index in [2.05, 4.69) is 9.97 Å². The molecule has 2 N–H and O–H groups in total. The van der Waals surface area contributed by atoms with Crippen LogP contribution < -0.4 is 5.14 Å². The van der Waals surface area contributed by atoms with Gasteiger partial charge in [0.05, 0.1) is 0 Å². The molecule has 2 rings (SSSR count). The Hall–Kier alpha value is -1.31. The molecule has 0 saturated carbocycles. The summed E-state index contributed by atoms with van der Waals surface area (Å²) in [4.78, 5) is 9.53. The Morgan fingerprint density at radius 1 is 1.18 bits per heavy atom. The van der Waals surface area contributed by atoms with Crippen molar-refractivity contribution in [3.8, 4) is 11.1 Å². The van der Waals surface area contributed by atoms with Gasteiger partial charge in [0.2, 0.25) is 10.0 Å². The zero-order chi connectivity index (χ0) is 12.6. The Bertz CT molecular complexity index is 648. The van der Waals surface area contributed by atoms with Crippen molar-refractivity contribution in [2.45, 2.75) is 18.7 Å². The van der Waals surface area contributed by atoms with Crippen molar-refractivity contribution in [2.75, 3.05) is 0 Å². The Kier molecular flexibility index (Phi) is 2.98.